The highest BCUT2D eigenvalue weighted by molar-refractivity contribution is 8.01. The molecule has 18 heavy (non-hydrogen) atoms. The lowest BCUT2D eigenvalue weighted by molar-refractivity contribution is -0.115. The summed E-state index contributed by atoms with van der Waals surface area (Å²) in [4.78, 5) is 15.9. The van der Waals surface area contributed by atoms with Gasteiger partial charge >= 0.3 is 0 Å². The Kier molecular flexibility index (Phi) is 3.12. The third-order valence-electron chi connectivity index (χ3n) is 3.49. The molecule has 2 nitrogen and oxygen atoms in total. The van der Waals surface area contributed by atoms with Crippen LogP contribution in [-0.2, 0) is 4.79 Å². The molecule has 2 heterocycles. The summed E-state index contributed by atoms with van der Waals surface area (Å²) in [5.41, 5.74) is 3.28. The maximum absolute atomic E-state index is 12.5. The minimum Gasteiger partial charge on any atom is -0.347 e. The lowest BCUT2D eigenvalue weighted by atomic mass is 9.97. The maximum Gasteiger partial charge on any atom is 0.191 e. The van der Waals surface area contributed by atoms with Gasteiger partial charge in [-0.3, -0.25) is 4.79 Å². The molecule has 94 valence electrons. The molecule has 0 fully saturated rings. The molecule has 1 aromatic carbocycles. The van der Waals surface area contributed by atoms with Crippen LogP contribution in [-0.4, -0.2) is 23.6 Å². The fraction of sp³-hybridized carbons (Fsp3) is 0.357. The van der Waals surface area contributed by atoms with E-state index < -0.39 is 0 Å². The Balaban J connectivity index is 1.99. The number of benzene rings is 1. The first kappa shape index (κ1) is 12.1. The van der Waals surface area contributed by atoms with Crippen LogP contribution < -0.4 is 4.90 Å². The predicted octanol–water partition coefficient (Wildman–Crippen LogP) is 3.45. The largest absolute Gasteiger partial charge is 0.347 e. The van der Waals surface area contributed by atoms with E-state index in [0.29, 0.717) is 12.3 Å². The summed E-state index contributed by atoms with van der Waals surface area (Å²) in [5, 5.41) is -0.0793. The van der Waals surface area contributed by atoms with Gasteiger partial charge in [-0.15, -0.1) is 11.6 Å². The molecule has 1 aromatic rings. The van der Waals surface area contributed by atoms with Crippen LogP contribution in [0, 0.1) is 0 Å². The van der Waals surface area contributed by atoms with Crippen molar-refractivity contribution in [1.29, 1.82) is 0 Å². The van der Waals surface area contributed by atoms with Gasteiger partial charge in [-0.25, -0.2) is 0 Å². The van der Waals surface area contributed by atoms with Crippen molar-refractivity contribution in [1.82, 2.24) is 0 Å². The second kappa shape index (κ2) is 4.63. The van der Waals surface area contributed by atoms with Gasteiger partial charge in [0, 0.05) is 22.9 Å². The Morgan fingerprint density at radius 3 is 3.00 bits per heavy atom. The number of anilines is 1. The van der Waals surface area contributed by atoms with E-state index in [9.17, 15) is 4.79 Å². The van der Waals surface area contributed by atoms with E-state index in [0.717, 1.165) is 17.7 Å². The summed E-state index contributed by atoms with van der Waals surface area (Å²) in [5.74, 6) is 0.753. The van der Waals surface area contributed by atoms with E-state index >= 15 is 0 Å². The van der Waals surface area contributed by atoms with Gasteiger partial charge in [0.1, 0.15) is 5.37 Å². The second-order valence-corrected chi connectivity index (χ2v) is 6.13. The summed E-state index contributed by atoms with van der Waals surface area (Å²) in [6, 6.07) is 8.23. The van der Waals surface area contributed by atoms with Crippen LogP contribution in [0.3, 0.4) is 0 Å². The molecule has 1 unspecified atom stereocenters. The van der Waals surface area contributed by atoms with Crippen molar-refractivity contribution < 1.29 is 4.79 Å². The van der Waals surface area contributed by atoms with Gasteiger partial charge in [-0.1, -0.05) is 23.9 Å². The Hall–Kier alpha value is -0.930. The standard InChI is InChI=1S/C14H14ClNOS/c1-9-8-16-11-4-2-3-5-12(11)18-14(16)13(17)10(9)6-7-15/h2-5,14H,6-8H2,1H3. The van der Waals surface area contributed by atoms with Crippen molar-refractivity contribution in [3.8, 4) is 0 Å². The average Bonchev–Trinajstić information content (AvgIpc) is 2.74. The van der Waals surface area contributed by atoms with Crippen molar-refractivity contribution >= 4 is 34.8 Å². The Bertz CT molecular complexity index is 540. The Morgan fingerprint density at radius 1 is 1.44 bits per heavy atom. The normalized spacial score (nSPS) is 22.2. The molecule has 0 saturated heterocycles. The summed E-state index contributed by atoms with van der Waals surface area (Å²) in [6.45, 7) is 2.88. The smallest absolute Gasteiger partial charge is 0.191 e. The van der Waals surface area contributed by atoms with Gasteiger partial charge in [0.2, 0.25) is 0 Å². The highest BCUT2D eigenvalue weighted by Crippen LogP contribution is 2.46. The van der Waals surface area contributed by atoms with Crippen LogP contribution in [0.4, 0.5) is 5.69 Å². The van der Waals surface area contributed by atoms with Gasteiger partial charge in [-0.2, -0.15) is 0 Å². The zero-order valence-electron chi connectivity index (χ0n) is 10.1. The number of rotatable bonds is 2. The van der Waals surface area contributed by atoms with E-state index in [4.69, 9.17) is 11.6 Å². The first-order valence-electron chi connectivity index (χ1n) is 6.03. The Morgan fingerprint density at radius 2 is 2.22 bits per heavy atom. The number of hydrogen-bond donors (Lipinski definition) is 0. The number of fused-ring (bicyclic) bond motifs is 3. The van der Waals surface area contributed by atoms with Gasteiger partial charge in [-0.05, 0) is 31.1 Å². The number of carbonyl (C=O) groups is 1. The monoisotopic (exact) mass is 279 g/mol. The van der Waals surface area contributed by atoms with Crippen LogP contribution in [0.15, 0.2) is 40.3 Å². The lowest BCUT2D eigenvalue weighted by Gasteiger charge is -2.32. The van der Waals surface area contributed by atoms with Crippen LogP contribution in [0.25, 0.3) is 0 Å². The third-order valence-corrected chi connectivity index (χ3v) is 4.97. The summed E-state index contributed by atoms with van der Waals surface area (Å²) < 4.78 is 0. The molecular weight excluding hydrogens is 266 g/mol. The zero-order valence-corrected chi connectivity index (χ0v) is 11.7. The number of ketones is 1. The molecule has 0 aromatic heterocycles. The number of Topliss-reactive ketones (excluding diaryl/α,β-unsaturated/α-hetero) is 1. The maximum atomic E-state index is 12.5. The number of carbonyl (C=O) groups excluding carboxylic acids is 1. The molecule has 1 atom stereocenters. The van der Waals surface area contributed by atoms with Crippen molar-refractivity contribution in [3.63, 3.8) is 0 Å². The van der Waals surface area contributed by atoms with E-state index in [-0.39, 0.29) is 11.2 Å². The van der Waals surface area contributed by atoms with Gasteiger partial charge < -0.3 is 4.90 Å². The number of para-hydroxylation sites is 1. The molecule has 0 bridgehead atoms. The first-order chi connectivity index (χ1) is 8.72. The fourth-order valence-corrected chi connectivity index (χ4v) is 4.07. The Labute approximate surface area is 116 Å². The van der Waals surface area contributed by atoms with E-state index in [2.05, 4.69) is 17.0 Å². The van der Waals surface area contributed by atoms with Gasteiger partial charge in [0.25, 0.3) is 0 Å². The number of nitrogens with zero attached hydrogens (tertiary/aromatic N) is 1. The number of alkyl halides is 1. The van der Waals surface area contributed by atoms with Crippen molar-refractivity contribution in [2.75, 3.05) is 17.3 Å². The molecule has 2 aliphatic heterocycles. The van der Waals surface area contributed by atoms with E-state index in [1.165, 1.54) is 10.6 Å². The summed E-state index contributed by atoms with van der Waals surface area (Å²) in [7, 11) is 0. The molecule has 0 amide bonds. The second-order valence-electron chi connectivity index (χ2n) is 4.63. The molecule has 0 N–H and O–H groups in total. The quantitative estimate of drug-likeness (QED) is 0.774. The fourth-order valence-electron chi connectivity index (χ4n) is 2.61. The minimum absolute atomic E-state index is 0.0793. The first-order valence-corrected chi connectivity index (χ1v) is 7.45. The van der Waals surface area contributed by atoms with E-state index in [1.807, 2.05) is 19.1 Å². The molecule has 4 heteroatoms. The lowest BCUT2D eigenvalue weighted by Crippen LogP contribution is -2.42. The number of thioether (sulfide) groups is 1. The van der Waals surface area contributed by atoms with Crippen LogP contribution in [0.1, 0.15) is 13.3 Å². The molecule has 0 spiro atoms. The predicted molar refractivity (Wildman–Crippen MR) is 76.5 cm³/mol. The highest BCUT2D eigenvalue weighted by atomic mass is 35.5. The van der Waals surface area contributed by atoms with Gasteiger partial charge in [0.15, 0.2) is 5.78 Å². The third kappa shape index (κ3) is 1.77. The van der Waals surface area contributed by atoms with Crippen LogP contribution in [0.2, 0.25) is 0 Å². The summed E-state index contributed by atoms with van der Waals surface area (Å²) >= 11 is 7.45. The molecule has 0 aliphatic carbocycles. The summed E-state index contributed by atoms with van der Waals surface area (Å²) in [6.07, 6.45) is 0.688. The minimum atomic E-state index is -0.0793. The molecular formula is C14H14ClNOS. The van der Waals surface area contributed by atoms with Crippen LogP contribution in [0.5, 0.6) is 0 Å². The molecule has 0 radical (unpaired) electrons. The molecule has 0 saturated carbocycles. The highest BCUT2D eigenvalue weighted by Gasteiger charge is 2.39. The average molecular weight is 280 g/mol. The van der Waals surface area contributed by atoms with Gasteiger partial charge in [0.05, 0.1) is 5.69 Å². The zero-order chi connectivity index (χ0) is 12.7. The number of hydrogen-bond acceptors (Lipinski definition) is 3. The molecule has 3 rings (SSSR count). The van der Waals surface area contributed by atoms with Crippen molar-refractivity contribution in [2.45, 2.75) is 23.6 Å². The number of halogens is 1. The van der Waals surface area contributed by atoms with Crippen molar-refractivity contribution in [2.24, 2.45) is 0 Å². The van der Waals surface area contributed by atoms with Crippen molar-refractivity contribution in [3.05, 3.63) is 35.4 Å². The topological polar surface area (TPSA) is 20.3 Å². The van der Waals surface area contributed by atoms with Crippen LogP contribution >= 0.6 is 23.4 Å². The SMILES string of the molecule is CC1=C(CCCl)C(=O)C2Sc3ccccc3N2C1. The van der Waals surface area contributed by atoms with E-state index in [1.54, 1.807) is 11.8 Å². The molecule has 2 aliphatic rings.